The Morgan fingerprint density at radius 1 is 1.32 bits per heavy atom. The minimum absolute atomic E-state index is 0.0192. The molecular formula is C14H19ClN2O2. The van der Waals surface area contributed by atoms with Crippen LogP contribution in [0.5, 0.6) is 0 Å². The van der Waals surface area contributed by atoms with E-state index >= 15 is 0 Å². The highest BCUT2D eigenvalue weighted by Crippen LogP contribution is 2.16. The van der Waals surface area contributed by atoms with Crippen LogP contribution < -0.4 is 5.32 Å². The van der Waals surface area contributed by atoms with E-state index in [-0.39, 0.29) is 18.4 Å². The van der Waals surface area contributed by atoms with Gasteiger partial charge < -0.3 is 10.2 Å². The maximum Gasteiger partial charge on any atom is 0.244 e. The summed E-state index contributed by atoms with van der Waals surface area (Å²) in [7, 11) is 0. The van der Waals surface area contributed by atoms with E-state index in [4.69, 9.17) is 11.6 Å². The van der Waals surface area contributed by atoms with E-state index in [9.17, 15) is 9.59 Å². The highest BCUT2D eigenvalue weighted by Gasteiger charge is 2.25. The van der Waals surface area contributed by atoms with E-state index in [1.165, 1.54) is 11.8 Å². The van der Waals surface area contributed by atoms with E-state index in [1.807, 2.05) is 20.8 Å². The van der Waals surface area contributed by atoms with Gasteiger partial charge in [0.05, 0.1) is 0 Å². The van der Waals surface area contributed by atoms with Crippen LogP contribution in [0, 0.1) is 0 Å². The average Bonchev–Trinajstić information content (AvgIpc) is 2.24. The number of nitrogens with one attached hydrogen (secondary N) is 1. The number of hydrogen-bond acceptors (Lipinski definition) is 2. The van der Waals surface area contributed by atoms with Gasteiger partial charge >= 0.3 is 0 Å². The van der Waals surface area contributed by atoms with Crippen LogP contribution in [-0.2, 0) is 9.59 Å². The monoisotopic (exact) mass is 282 g/mol. The third-order valence-corrected chi connectivity index (χ3v) is 2.84. The molecule has 0 heterocycles. The zero-order valence-electron chi connectivity index (χ0n) is 11.7. The number of halogens is 1. The first kappa shape index (κ1) is 15.5. The number of carbonyl (C=O) groups is 2. The van der Waals surface area contributed by atoms with Gasteiger partial charge in [-0.25, -0.2) is 0 Å². The molecule has 0 atom stereocenters. The molecule has 19 heavy (non-hydrogen) atoms. The van der Waals surface area contributed by atoms with E-state index in [0.717, 1.165) is 0 Å². The molecule has 1 aromatic rings. The van der Waals surface area contributed by atoms with Gasteiger partial charge in [-0.1, -0.05) is 17.7 Å². The first-order valence-corrected chi connectivity index (χ1v) is 6.41. The lowest BCUT2D eigenvalue weighted by molar-refractivity contribution is -0.137. The summed E-state index contributed by atoms with van der Waals surface area (Å²) >= 11 is 5.84. The van der Waals surface area contributed by atoms with Crippen LogP contribution >= 0.6 is 11.6 Å². The molecule has 0 aliphatic carbocycles. The third-order valence-electron chi connectivity index (χ3n) is 2.60. The molecule has 0 aliphatic heterocycles. The molecule has 0 saturated carbocycles. The molecule has 0 bridgehead atoms. The summed E-state index contributed by atoms with van der Waals surface area (Å²) in [6, 6.07) is 6.90. The van der Waals surface area contributed by atoms with Gasteiger partial charge in [-0.3, -0.25) is 9.59 Å². The molecule has 0 radical (unpaired) electrons. The molecule has 4 nitrogen and oxygen atoms in total. The first-order valence-electron chi connectivity index (χ1n) is 6.04. The zero-order chi connectivity index (χ0) is 14.6. The molecule has 5 heteroatoms. The Labute approximate surface area is 118 Å². The van der Waals surface area contributed by atoms with Crippen LogP contribution in [0.3, 0.4) is 0 Å². The Morgan fingerprint density at radius 3 is 2.42 bits per heavy atom. The number of anilines is 1. The Hall–Kier alpha value is -1.55. The van der Waals surface area contributed by atoms with Crippen molar-refractivity contribution in [3.63, 3.8) is 0 Å². The summed E-state index contributed by atoms with van der Waals surface area (Å²) in [4.78, 5) is 25.0. The molecule has 0 aromatic heterocycles. The molecule has 0 saturated heterocycles. The van der Waals surface area contributed by atoms with Gasteiger partial charge in [-0.15, -0.1) is 0 Å². The van der Waals surface area contributed by atoms with Crippen molar-refractivity contribution in [1.29, 1.82) is 0 Å². The van der Waals surface area contributed by atoms with Gasteiger partial charge in [-0.2, -0.15) is 0 Å². The fourth-order valence-electron chi connectivity index (χ4n) is 1.73. The number of nitrogens with zero attached hydrogens (tertiary/aromatic N) is 1. The molecule has 0 fully saturated rings. The molecule has 0 unspecified atom stereocenters. The number of hydrogen-bond donors (Lipinski definition) is 1. The molecular weight excluding hydrogens is 264 g/mol. The predicted octanol–water partition coefficient (Wildman–Crippen LogP) is 2.93. The van der Waals surface area contributed by atoms with Crippen molar-refractivity contribution in [2.45, 2.75) is 33.2 Å². The normalized spacial score (nSPS) is 11.0. The number of benzene rings is 1. The van der Waals surface area contributed by atoms with Gasteiger partial charge in [0.25, 0.3) is 0 Å². The second kappa shape index (κ2) is 6.06. The van der Waals surface area contributed by atoms with Crippen LogP contribution in [-0.4, -0.2) is 28.8 Å². The van der Waals surface area contributed by atoms with Crippen LogP contribution in [0.15, 0.2) is 24.3 Å². The van der Waals surface area contributed by atoms with Crippen LogP contribution in [0.4, 0.5) is 5.69 Å². The second-order valence-corrected chi connectivity index (χ2v) is 5.77. The van der Waals surface area contributed by atoms with Crippen LogP contribution in [0.2, 0.25) is 5.02 Å². The minimum Gasteiger partial charge on any atom is -0.329 e. The van der Waals surface area contributed by atoms with Gasteiger partial charge in [0.2, 0.25) is 11.8 Å². The number of carbonyl (C=O) groups excluding carboxylic acids is 2. The smallest absolute Gasteiger partial charge is 0.244 e. The SMILES string of the molecule is CC(=O)N(CC(=O)Nc1cccc(Cl)c1)C(C)(C)C. The lowest BCUT2D eigenvalue weighted by atomic mass is 10.1. The molecule has 1 rings (SSSR count). The van der Waals surface area contributed by atoms with Gasteiger partial charge in [0, 0.05) is 23.2 Å². The van der Waals surface area contributed by atoms with Crippen molar-refractivity contribution in [1.82, 2.24) is 4.90 Å². The molecule has 2 amide bonds. The maximum absolute atomic E-state index is 11.9. The lowest BCUT2D eigenvalue weighted by Gasteiger charge is -2.34. The Bertz CT molecular complexity index is 481. The molecule has 1 aromatic carbocycles. The van der Waals surface area contributed by atoms with Gasteiger partial charge in [-0.05, 0) is 39.0 Å². The first-order chi connectivity index (χ1) is 8.70. The highest BCUT2D eigenvalue weighted by atomic mass is 35.5. The Kier molecular flexibility index (Phi) is 4.95. The summed E-state index contributed by atoms with van der Waals surface area (Å²) in [6.45, 7) is 7.15. The van der Waals surface area contributed by atoms with E-state index in [1.54, 1.807) is 24.3 Å². The fourth-order valence-corrected chi connectivity index (χ4v) is 1.92. The molecule has 104 valence electrons. The zero-order valence-corrected chi connectivity index (χ0v) is 12.4. The summed E-state index contributed by atoms with van der Waals surface area (Å²) in [5.41, 5.74) is 0.229. The van der Waals surface area contributed by atoms with Crippen molar-refractivity contribution in [3.8, 4) is 0 Å². The standard InChI is InChI=1S/C14H19ClN2O2/c1-10(18)17(14(2,3)4)9-13(19)16-12-7-5-6-11(15)8-12/h5-8H,9H2,1-4H3,(H,16,19). The van der Waals surface area contributed by atoms with Crippen molar-refractivity contribution < 1.29 is 9.59 Å². The molecule has 1 N–H and O–H groups in total. The maximum atomic E-state index is 11.9. The molecule has 0 spiro atoms. The van der Waals surface area contributed by atoms with Gasteiger partial charge in [0.1, 0.15) is 6.54 Å². The van der Waals surface area contributed by atoms with Crippen molar-refractivity contribution in [2.75, 3.05) is 11.9 Å². The quantitative estimate of drug-likeness (QED) is 0.927. The topological polar surface area (TPSA) is 49.4 Å². The van der Waals surface area contributed by atoms with Crippen LogP contribution in [0.1, 0.15) is 27.7 Å². The van der Waals surface area contributed by atoms with Crippen LogP contribution in [0.25, 0.3) is 0 Å². The summed E-state index contributed by atoms with van der Waals surface area (Å²) < 4.78 is 0. The minimum atomic E-state index is -0.391. The summed E-state index contributed by atoms with van der Waals surface area (Å²) in [6.07, 6.45) is 0. The number of amides is 2. The Morgan fingerprint density at radius 2 is 1.95 bits per heavy atom. The molecule has 0 aliphatic rings. The lowest BCUT2D eigenvalue weighted by Crippen LogP contribution is -2.48. The predicted molar refractivity (Wildman–Crippen MR) is 77.2 cm³/mol. The van der Waals surface area contributed by atoms with Crippen molar-refractivity contribution >= 4 is 29.1 Å². The van der Waals surface area contributed by atoms with Crippen molar-refractivity contribution in [3.05, 3.63) is 29.3 Å². The van der Waals surface area contributed by atoms with Gasteiger partial charge in [0.15, 0.2) is 0 Å². The fraction of sp³-hybridized carbons (Fsp3) is 0.429. The number of rotatable bonds is 3. The second-order valence-electron chi connectivity index (χ2n) is 5.33. The Balaban J connectivity index is 2.71. The summed E-state index contributed by atoms with van der Waals surface area (Å²) in [5.74, 6) is -0.374. The van der Waals surface area contributed by atoms with Crippen molar-refractivity contribution in [2.24, 2.45) is 0 Å². The van der Waals surface area contributed by atoms with E-state index < -0.39 is 5.54 Å². The average molecular weight is 283 g/mol. The third kappa shape index (κ3) is 4.91. The van der Waals surface area contributed by atoms with E-state index in [0.29, 0.717) is 10.7 Å². The summed E-state index contributed by atoms with van der Waals surface area (Å²) in [5, 5.41) is 3.28. The van der Waals surface area contributed by atoms with E-state index in [2.05, 4.69) is 5.32 Å². The largest absolute Gasteiger partial charge is 0.329 e. The highest BCUT2D eigenvalue weighted by molar-refractivity contribution is 6.30.